The maximum atomic E-state index is 4.81. The summed E-state index contributed by atoms with van der Waals surface area (Å²) in [5, 5.41) is 3.11. The van der Waals surface area contributed by atoms with Crippen LogP contribution in [0.1, 0.15) is 13.8 Å². The van der Waals surface area contributed by atoms with Gasteiger partial charge in [-0.25, -0.2) is 0 Å². The number of hydrogen-bond acceptors (Lipinski definition) is 1. The summed E-state index contributed by atoms with van der Waals surface area (Å²) in [7, 11) is 0. The fourth-order valence-electron chi connectivity index (χ4n) is 0.250. The molecule has 0 saturated carbocycles. The van der Waals surface area contributed by atoms with Crippen molar-refractivity contribution < 1.29 is 0 Å². The maximum absolute atomic E-state index is 4.81. The molecule has 0 heterocycles. The van der Waals surface area contributed by atoms with Crippen LogP contribution in [0.4, 0.5) is 0 Å². The number of halogens is 3. The van der Waals surface area contributed by atoms with Crippen LogP contribution in [0.5, 0.6) is 0 Å². The van der Waals surface area contributed by atoms with Gasteiger partial charge in [-0.3, -0.25) is 0 Å². The van der Waals surface area contributed by atoms with Gasteiger partial charge in [0.25, 0.3) is 0 Å². The average Bonchev–Trinajstić information content (AvgIpc) is 1.66. The van der Waals surface area contributed by atoms with Crippen molar-refractivity contribution in [3.05, 3.63) is 0 Å². The lowest BCUT2D eigenvalue weighted by atomic mass is 10.7. The van der Waals surface area contributed by atoms with Crippen LogP contribution >= 0.6 is 34.8 Å². The van der Waals surface area contributed by atoms with Crippen LogP contribution in [0.15, 0.2) is 0 Å². The maximum Gasteiger partial charge on any atom is 0.180 e. The third-order valence-electron chi connectivity index (χ3n) is 0.500. The summed E-state index contributed by atoms with van der Waals surface area (Å²) in [5.41, 5.74) is 0. The van der Waals surface area contributed by atoms with Crippen LogP contribution in [-0.2, 0) is 0 Å². The van der Waals surface area contributed by atoms with Crippen LogP contribution in [0.3, 0.4) is 0 Å². The molecule has 1 N–H and O–H groups in total. The molecule has 0 aliphatic rings. The van der Waals surface area contributed by atoms with Crippen molar-refractivity contribution in [2.45, 2.75) is 18.1 Å². The van der Waals surface area contributed by atoms with Gasteiger partial charge in [-0.05, 0) is 13.1 Å². The van der Waals surface area contributed by atoms with E-state index in [2.05, 4.69) is 19.2 Å². The summed E-state index contributed by atoms with van der Waals surface area (Å²) in [6.45, 7) is 6.39. The molecule has 0 aromatic rings. The first-order valence-electron chi connectivity index (χ1n) is 2.78. The van der Waals surface area contributed by atoms with Crippen LogP contribution in [-0.4, -0.2) is 17.4 Å². The van der Waals surface area contributed by atoms with Gasteiger partial charge in [-0.2, -0.15) is 0 Å². The van der Waals surface area contributed by atoms with E-state index >= 15 is 0 Å². The second kappa shape index (κ2) is 11.6. The smallest absolute Gasteiger partial charge is 0.180 e. The Hall–Kier alpha value is 0.830. The first kappa shape index (κ1) is 12.5. The highest BCUT2D eigenvalue weighted by atomic mass is 35.6. The van der Waals surface area contributed by atoms with Gasteiger partial charge < -0.3 is 5.32 Å². The van der Waals surface area contributed by atoms with E-state index in [1.807, 2.05) is 0 Å². The van der Waals surface area contributed by atoms with Gasteiger partial charge in [-0.15, -0.1) is 0 Å². The molecule has 0 aromatic carbocycles. The minimum atomic E-state index is -0.750. The summed E-state index contributed by atoms with van der Waals surface area (Å²) in [6.07, 6.45) is 0. The predicted molar refractivity (Wildman–Crippen MR) is 45.6 cm³/mol. The average molecular weight is 193 g/mol. The number of rotatable bonds is 2. The van der Waals surface area contributed by atoms with E-state index in [1.54, 1.807) is 0 Å². The zero-order valence-electron chi connectivity index (χ0n) is 5.63. The fraction of sp³-hybridized carbons (Fsp3) is 1.00. The Morgan fingerprint density at radius 3 is 1.33 bits per heavy atom. The van der Waals surface area contributed by atoms with E-state index in [0.29, 0.717) is 0 Å². The molecule has 0 aromatic heterocycles. The lowest BCUT2D eigenvalue weighted by Crippen LogP contribution is -2.09. The largest absolute Gasteiger partial charge is 0.317 e. The lowest BCUT2D eigenvalue weighted by Gasteiger charge is -1.86. The molecule has 58 valence electrons. The first-order valence-corrected chi connectivity index (χ1v) is 4.09. The molecule has 0 radical (unpaired) electrons. The van der Waals surface area contributed by atoms with Gasteiger partial charge in [0.15, 0.2) is 4.30 Å². The standard InChI is InChI=1S/C4H11N.CHCl3/c1-3-5-4-2;2-1(3)4/h5H,3-4H2,1-2H3;1H. The van der Waals surface area contributed by atoms with Crippen molar-refractivity contribution in [1.29, 1.82) is 0 Å². The minimum absolute atomic E-state index is 0.750. The molecular formula is C5H12Cl3N. The van der Waals surface area contributed by atoms with Crippen LogP contribution in [0, 0.1) is 0 Å². The van der Waals surface area contributed by atoms with Crippen LogP contribution in [0.25, 0.3) is 0 Å². The topological polar surface area (TPSA) is 12.0 Å². The van der Waals surface area contributed by atoms with E-state index in [-0.39, 0.29) is 0 Å². The Balaban J connectivity index is 0. The summed E-state index contributed by atoms with van der Waals surface area (Å²) in [5.74, 6) is 0. The SMILES string of the molecule is CCNCC.ClC(Cl)Cl. The van der Waals surface area contributed by atoms with Crippen LogP contribution in [0.2, 0.25) is 0 Å². The fourth-order valence-corrected chi connectivity index (χ4v) is 0.250. The molecule has 0 atom stereocenters. The first-order chi connectivity index (χ1) is 4.15. The van der Waals surface area contributed by atoms with E-state index in [0.717, 1.165) is 13.1 Å². The monoisotopic (exact) mass is 191 g/mol. The molecule has 0 aliphatic carbocycles. The zero-order valence-corrected chi connectivity index (χ0v) is 7.89. The quantitative estimate of drug-likeness (QED) is 0.663. The summed E-state index contributed by atoms with van der Waals surface area (Å²) in [6, 6.07) is 0. The third kappa shape index (κ3) is 51.4. The van der Waals surface area contributed by atoms with Gasteiger partial charge in [0.1, 0.15) is 0 Å². The highest BCUT2D eigenvalue weighted by Gasteiger charge is 1.78. The number of alkyl halides is 3. The molecule has 0 saturated heterocycles. The van der Waals surface area contributed by atoms with Gasteiger partial charge >= 0.3 is 0 Å². The van der Waals surface area contributed by atoms with E-state index in [1.165, 1.54) is 0 Å². The van der Waals surface area contributed by atoms with Gasteiger partial charge in [0, 0.05) is 0 Å². The van der Waals surface area contributed by atoms with Crippen molar-refractivity contribution in [3.8, 4) is 0 Å². The number of hydrogen-bond donors (Lipinski definition) is 1. The molecule has 4 heteroatoms. The Labute approximate surface area is 71.7 Å². The minimum Gasteiger partial charge on any atom is -0.317 e. The molecule has 0 unspecified atom stereocenters. The van der Waals surface area contributed by atoms with Crippen molar-refractivity contribution in [3.63, 3.8) is 0 Å². The van der Waals surface area contributed by atoms with Crippen molar-refractivity contribution in [2.24, 2.45) is 0 Å². The van der Waals surface area contributed by atoms with E-state index < -0.39 is 4.30 Å². The van der Waals surface area contributed by atoms with Gasteiger partial charge in [0.2, 0.25) is 0 Å². The second-order valence-corrected chi connectivity index (χ2v) is 3.18. The molecule has 1 nitrogen and oxygen atoms in total. The summed E-state index contributed by atoms with van der Waals surface area (Å²) in [4.78, 5) is 0. The molecule has 9 heavy (non-hydrogen) atoms. The molecule has 0 aliphatic heterocycles. The molecular weight excluding hydrogens is 180 g/mol. The molecule has 0 bridgehead atoms. The number of nitrogens with one attached hydrogen (secondary N) is 1. The van der Waals surface area contributed by atoms with Crippen molar-refractivity contribution >= 4 is 34.8 Å². The molecule has 0 fully saturated rings. The van der Waals surface area contributed by atoms with Gasteiger partial charge in [0.05, 0.1) is 0 Å². The Bertz CT molecular complexity index is 36.4. The highest BCUT2D eigenvalue weighted by Crippen LogP contribution is 2.03. The zero-order chi connectivity index (χ0) is 7.70. The molecule has 0 spiro atoms. The molecule has 0 amide bonds. The lowest BCUT2D eigenvalue weighted by molar-refractivity contribution is 0.762. The third-order valence-corrected chi connectivity index (χ3v) is 0.500. The normalized spacial score (nSPS) is 8.67. The summed E-state index contributed by atoms with van der Waals surface area (Å²) < 4.78 is -0.750. The molecule has 0 rings (SSSR count). The van der Waals surface area contributed by atoms with Crippen LogP contribution < -0.4 is 5.32 Å². The van der Waals surface area contributed by atoms with Crippen molar-refractivity contribution in [2.75, 3.05) is 13.1 Å². The van der Waals surface area contributed by atoms with Crippen molar-refractivity contribution in [1.82, 2.24) is 5.32 Å². The Morgan fingerprint density at radius 1 is 1.11 bits per heavy atom. The van der Waals surface area contributed by atoms with E-state index in [4.69, 9.17) is 34.8 Å². The Morgan fingerprint density at radius 2 is 1.33 bits per heavy atom. The second-order valence-electron chi connectivity index (χ2n) is 1.20. The Kier molecular flexibility index (Phi) is 16.1. The van der Waals surface area contributed by atoms with Gasteiger partial charge in [-0.1, -0.05) is 48.7 Å². The highest BCUT2D eigenvalue weighted by molar-refractivity contribution is 6.63. The summed E-state index contributed by atoms with van der Waals surface area (Å²) >= 11 is 14.4. The van der Waals surface area contributed by atoms with E-state index in [9.17, 15) is 0 Å². The predicted octanol–water partition coefficient (Wildman–Crippen LogP) is 2.60.